The highest BCUT2D eigenvalue weighted by molar-refractivity contribution is 6.31. The van der Waals surface area contributed by atoms with Crippen molar-refractivity contribution < 1.29 is 19.4 Å². The predicted molar refractivity (Wildman–Crippen MR) is 106 cm³/mol. The maximum absolute atomic E-state index is 11.3. The quantitative estimate of drug-likeness (QED) is 0.675. The number of carbonyl (C=O) groups is 1. The zero-order chi connectivity index (χ0) is 20.8. The van der Waals surface area contributed by atoms with E-state index in [9.17, 15) is 15.0 Å². The maximum atomic E-state index is 11.3. The normalized spacial score (nSPS) is 21.2. The van der Waals surface area contributed by atoms with E-state index in [-0.39, 0.29) is 17.9 Å². The van der Waals surface area contributed by atoms with Crippen LogP contribution in [0.15, 0.2) is 16.5 Å². The first-order valence-corrected chi connectivity index (χ1v) is 9.97. The number of anilines is 2. The Kier molecular flexibility index (Phi) is 5.14. The second-order valence-corrected chi connectivity index (χ2v) is 8.30. The van der Waals surface area contributed by atoms with Gasteiger partial charge in [0.2, 0.25) is 5.89 Å². The number of hydrogen-bond acceptors (Lipinski definition) is 7. The molecular formula is C19H24ClN5O4. The molecule has 0 radical (unpaired) electrons. The van der Waals surface area contributed by atoms with E-state index in [4.69, 9.17) is 16.0 Å². The second-order valence-electron chi connectivity index (χ2n) is 7.87. The van der Waals surface area contributed by atoms with Crippen LogP contribution in [0.3, 0.4) is 0 Å². The predicted octanol–water partition coefficient (Wildman–Crippen LogP) is 2.94. The van der Waals surface area contributed by atoms with Crippen molar-refractivity contribution in [3.05, 3.63) is 34.2 Å². The largest absolute Gasteiger partial charge is 0.465 e. The summed E-state index contributed by atoms with van der Waals surface area (Å²) in [6, 6.07) is 3.85. The van der Waals surface area contributed by atoms with Gasteiger partial charge in [-0.05, 0) is 49.9 Å². The van der Waals surface area contributed by atoms with E-state index in [0.29, 0.717) is 44.0 Å². The number of aromatic nitrogens is 2. The standard InChI is InChI=1S/C19H24ClN5O4/c1-11-9-24(5-6-25(11)18(26)27)10-13-7-14(20)8-15(12(13)2)21-17-23-22-16(29-17)19(28)3-4-19/h7-8,11,28H,3-6,9-10H2,1-2H3,(H,21,23)(H,26,27)/t11-/m0/s1. The molecule has 156 valence electrons. The Balaban J connectivity index is 1.48. The molecular weight excluding hydrogens is 398 g/mol. The molecule has 29 heavy (non-hydrogen) atoms. The highest BCUT2D eigenvalue weighted by atomic mass is 35.5. The summed E-state index contributed by atoms with van der Waals surface area (Å²) in [5.41, 5.74) is 1.81. The highest BCUT2D eigenvalue weighted by Crippen LogP contribution is 2.45. The third-order valence-electron chi connectivity index (χ3n) is 5.62. The summed E-state index contributed by atoms with van der Waals surface area (Å²) in [7, 11) is 0. The average molecular weight is 422 g/mol. The minimum atomic E-state index is -0.976. The smallest absolute Gasteiger partial charge is 0.407 e. The Hall–Kier alpha value is -2.36. The summed E-state index contributed by atoms with van der Waals surface area (Å²) in [5.74, 6) is 0.227. The van der Waals surface area contributed by atoms with E-state index in [1.807, 2.05) is 19.9 Å². The molecule has 1 aliphatic carbocycles. The van der Waals surface area contributed by atoms with E-state index < -0.39 is 11.7 Å². The number of nitrogens with one attached hydrogen (secondary N) is 1. The molecule has 1 aliphatic heterocycles. The maximum Gasteiger partial charge on any atom is 0.407 e. The lowest BCUT2D eigenvalue weighted by molar-refractivity contribution is 0.0710. The van der Waals surface area contributed by atoms with Crippen LogP contribution >= 0.6 is 11.6 Å². The van der Waals surface area contributed by atoms with Crippen molar-refractivity contribution in [2.45, 2.75) is 44.9 Å². The van der Waals surface area contributed by atoms with Gasteiger partial charge >= 0.3 is 12.1 Å². The summed E-state index contributed by atoms with van der Waals surface area (Å²) in [6.45, 7) is 6.36. The minimum absolute atomic E-state index is 0.0663. The molecule has 1 aromatic carbocycles. The molecule has 2 aromatic rings. The van der Waals surface area contributed by atoms with E-state index in [1.54, 1.807) is 6.07 Å². The summed E-state index contributed by atoms with van der Waals surface area (Å²) >= 11 is 6.34. The van der Waals surface area contributed by atoms with Gasteiger partial charge in [-0.15, -0.1) is 5.10 Å². The zero-order valence-corrected chi connectivity index (χ0v) is 17.1. The molecule has 1 atom stereocenters. The number of nitrogens with zero attached hydrogens (tertiary/aromatic N) is 4. The summed E-state index contributed by atoms with van der Waals surface area (Å²) in [4.78, 5) is 15.0. The Morgan fingerprint density at radius 2 is 2.14 bits per heavy atom. The number of halogens is 1. The van der Waals surface area contributed by atoms with Crippen molar-refractivity contribution in [3.8, 4) is 0 Å². The van der Waals surface area contributed by atoms with Gasteiger partial charge in [-0.25, -0.2) is 4.79 Å². The molecule has 1 amide bonds. The number of rotatable bonds is 5. The van der Waals surface area contributed by atoms with Crippen LogP contribution in [0.1, 0.15) is 36.8 Å². The van der Waals surface area contributed by atoms with E-state index >= 15 is 0 Å². The number of amides is 1. The highest BCUT2D eigenvalue weighted by Gasteiger charge is 2.47. The van der Waals surface area contributed by atoms with Gasteiger partial charge < -0.3 is 24.8 Å². The van der Waals surface area contributed by atoms with Gasteiger partial charge in [0.1, 0.15) is 5.60 Å². The molecule has 2 fully saturated rings. The number of carboxylic acid groups (broad SMARTS) is 1. The molecule has 2 heterocycles. The van der Waals surface area contributed by atoms with Crippen molar-refractivity contribution >= 4 is 29.4 Å². The van der Waals surface area contributed by atoms with Crippen LogP contribution < -0.4 is 5.32 Å². The Morgan fingerprint density at radius 1 is 1.38 bits per heavy atom. The molecule has 4 rings (SSSR count). The van der Waals surface area contributed by atoms with Gasteiger partial charge in [-0.2, -0.15) is 0 Å². The van der Waals surface area contributed by atoms with Gasteiger partial charge in [0.15, 0.2) is 0 Å². The van der Waals surface area contributed by atoms with Crippen LogP contribution in [0.4, 0.5) is 16.5 Å². The molecule has 0 bridgehead atoms. The second kappa shape index (κ2) is 7.47. The first kappa shape index (κ1) is 19.9. The molecule has 1 saturated carbocycles. The van der Waals surface area contributed by atoms with Gasteiger partial charge in [-0.3, -0.25) is 4.90 Å². The average Bonchev–Trinajstić information content (AvgIpc) is 3.22. The fourth-order valence-corrected chi connectivity index (χ4v) is 3.88. The third kappa shape index (κ3) is 4.17. The van der Waals surface area contributed by atoms with Crippen LogP contribution in [-0.4, -0.2) is 62.0 Å². The van der Waals surface area contributed by atoms with Crippen molar-refractivity contribution in [2.75, 3.05) is 25.0 Å². The van der Waals surface area contributed by atoms with Crippen LogP contribution in [0, 0.1) is 6.92 Å². The molecule has 9 nitrogen and oxygen atoms in total. The van der Waals surface area contributed by atoms with Gasteiger partial charge in [0, 0.05) is 42.9 Å². The molecule has 0 unspecified atom stereocenters. The SMILES string of the molecule is Cc1c(CN2CCN(C(=O)O)[C@@H](C)C2)cc(Cl)cc1Nc1nnc(C2(O)CC2)o1. The molecule has 10 heteroatoms. The van der Waals surface area contributed by atoms with Gasteiger partial charge in [-0.1, -0.05) is 16.7 Å². The minimum Gasteiger partial charge on any atom is -0.465 e. The summed E-state index contributed by atoms with van der Waals surface area (Å²) < 4.78 is 5.55. The van der Waals surface area contributed by atoms with Crippen LogP contribution in [-0.2, 0) is 12.1 Å². The Morgan fingerprint density at radius 3 is 2.79 bits per heavy atom. The number of hydrogen-bond donors (Lipinski definition) is 3. The van der Waals surface area contributed by atoms with Crippen LogP contribution in [0.25, 0.3) is 0 Å². The first-order valence-electron chi connectivity index (χ1n) is 9.59. The van der Waals surface area contributed by atoms with E-state index in [2.05, 4.69) is 20.4 Å². The lowest BCUT2D eigenvalue weighted by atomic mass is 10.0. The van der Waals surface area contributed by atoms with Crippen LogP contribution in [0.2, 0.25) is 5.02 Å². The van der Waals surface area contributed by atoms with Crippen molar-refractivity contribution in [2.24, 2.45) is 0 Å². The lowest BCUT2D eigenvalue weighted by Gasteiger charge is -2.38. The van der Waals surface area contributed by atoms with Gasteiger partial charge in [0.25, 0.3) is 0 Å². The van der Waals surface area contributed by atoms with Crippen molar-refractivity contribution in [1.29, 1.82) is 0 Å². The monoisotopic (exact) mass is 421 g/mol. The summed E-state index contributed by atoms with van der Waals surface area (Å²) in [6.07, 6.45) is 0.378. The zero-order valence-electron chi connectivity index (χ0n) is 16.4. The van der Waals surface area contributed by atoms with E-state index in [1.165, 1.54) is 4.90 Å². The van der Waals surface area contributed by atoms with Crippen LogP contribution in [0.5, 0.6) is 0 Å². The third-order valence-corrected chi connectivity index (χ3v) is 5.84. The van der Waals surface area contributed by atoms with Gasteiger partial charge in [0.05, 0.1) is 0 Å². The first-order chi connectivity index (χ1) is 13.7. The Labute approximate surface area is 173 Å². The Bertz CT molecular complexity index is 929. The molecule has 2 aliphatic rings. The topological polar surface area (TPSA) is 115 Å². The number of aliphatic hydroxyl groups is 1. The molecule has 0 spiro atoms. The van der Waals surface area contributed by atoms with Crippen molar-refractivity contribution in [1.82, 2.24) is 20.0 Å². The summed E-state index contributed by atoms with van der Waals surface area (Å²) in [5, 5.41) is 30.9. The van der Waals surface area contributed by atoms with E-state index in [0.717, 1.165) is 16.8 Å². The molecule has 1 saturated heterocycles. The lowest BCUT2D eigenvalue weighted by Crippen LogP contribution is -2.53. The number of piperazine rings is 1. The fourth-order valence-electron chi connectivity index (χ4n) is 3.64. The molecule has 3 N–H and O–H groups in total. The molecule has 1 aromatic heterocycles. The fraction of sp³-hybridized carbons (Fsp3) is 0.526. The number of benzene rings is 1. The van der Waals surface area contributed by atoms with Crippen molar-refractivity contribution in [3.63, 3.8) is 0 Å².